The van der Waals surface area contributed by atoms with Gasteiger partial charge in [-0.3, -0.25) is 0 Å². The van der Waals surface area contributed by atoms with Crippen LogP contribution in [0.2, 0.25) is 0 Å². The summed E-state index contributed by atoms with van der Waals surface area (Å²) >= 11 is 0. The smallest absolute Gasteiger partial charge is 0.321 e. The Morgan fingerprint density at radius 1 is 0.963 bits per heavy atom. The maximum atomic E-state index is 12.5. The lowest BCUT2D eigenvalue weighted by atomic mass is 10.1. The van der Waals surface area contributed by atoms with Gasteiger partial charge in [0.2, 0.25) is 0 Å². The summed E-state index contributed by atoms with van der Waals surface area (Å²) < 4.78 is 0. The number of carbonyl (C=O) groups is 1. The number of amides is 2. The summed E-state index contributed by atoms with van der Waals surface area (Å²) in [6.07, 6.45) is 0. The second-order valence-electron chi connectivity index (χ2n) is 7.06. The van der Waals surface area contributed by atoms with Gasteiger partial charge in [-0.1, -0.05) is 12.1 Å². The third kappa shape index (κ3) is 4.86. The molecule has 0 aromatic heterocycles. The molecule has 6 heteroatoms. The summed E-state index contributed by atoms with van der Waals surface area (Å²) in [5, 5.41) is 3.00. The van der Waals surface area contributed by atoms with Crippen molar-refractivity contribution in [2.75, 3.05) is 55.4 Å². The summed E-state index contributed by atoms with van der Waals surface area (Å²) in [7, 11) is 4.01. The van der Waals surface area contributed by atoms with Crippen molar-refractivity contribution < 1.29 is 4.79 Å². The number of benzene rings is 2. The van der Waals surface area contributed by atoms with Crippen LogP contribution >= 0.6 is 12.4 Å². The molecule has 0 radical (unpaired) electrons. The number of anilines is 3. The highest BCUT2D eigenvalue weighted by molar-refractivity contribution is 5.89. The van der Waals surface area contributed by atoms with Gasteiger partial charge in [-0.2, -0.15) is 0 Å². The van der Waals surface area contributed by atoms with E-state index in [1.54, 1.807) is 0 Å². The molecule has 0 bridgehead atoms. The number of hydrogen-bond acceptors (Lipinski definition) is 3. The summed E-state index contributed by atoms with van der Waals surface area (Å²) in [5.74, 6) is 0. The van der Waals surface area contributed by atoms with Gasteiger partial charge >= 0.3 is 6.03 Å². The van der Waals surface area contributed by atoms with Crippen LogP contribution in [0, 0.1) is 13.8 Å². The first-order chi connectivity index (χ1) is 12.5. The van der Waals surface area contributed by atoms with Gasteiger partial charge in [0.05, 0.1) is 0 Å². The van der Waals surface area contributed by atoms with Crippen molar-refractivity contribution in [1.82, 2.24) is 4.90 Å². The van der Waals surface area contributed by atoms with Crippen LogP contribution in [-0.4, -0.2) is 51.2 Å². The zero-order chi connectivity index (χ0) is 18.7. The zero-order valence-corrected chi connectivity index (χ0v) is 17.3. The van der Waals surface area contributed by atoms with Crippen molar-refractivity contribution in [2.24, 2.45) is 0 Å². The van der Waals surface area contributed by atoms with E-state index in [1.807, 2.05) is 48.2 Å². The van der Waals surface area contributed by atoms with Crippen molar-refractivity contribution in [3.63, 3.8) is 0 Å². The van der Waals surface area contributed by atoms with Crippen LogP contribution in [0.25, 0.3) is 0 Å². The molecule has 0 aliphatic carbocycles. The molecule has 2 amide bonds. The van der Waals surface area contributed by atoms with Gasteiger partial charge in [0.25, 0.3) is 0 Å². The van der Waals surface area contributed by atoms with Crippen molar-refractivity contribution in [2.45, 2.75) is 13.8 Å². The Kier molecular flexibility index (Phi) is 6.97. The minimum Gasteiger partial charge on any atom is -0.378 e. The zero-order valence-electron chi connectivity index (χ0n) is 16.5. The lowest BCUT2D eigenvalue weighted by molar-refractivity contribution is 0.208. The number of nitrogens with zero attached hydrogens (tertiary/aromatic N) is 3. The van der Waals surface area contributed by atoms with E-state index >= 15 is 0 Å². The van der Waals surface area contributed by atoms with E-state index in [2.05, 4.69) is 42.3 Å². The third-order valence-electron chi connectivity index (χ3n) is 5.12. The maximum Gasteiger partial charge on any atom is 0.321 e. The van der Waals surface area contributed by atoms with E-state index in [0.717, 1.165) is 37.6 Å². The highest BCUT2D eigenvalue weighted by Gasteiger charge is 2.22. The molecule has 1 fully saturated rings. The van der Waals surface area contributed by atoms with E-state index in [4.69, 9.17) is 0 Å². The van der Waals surface area contributed by atoms with Gasteiger partial charge in [-0.05, 0) is 55.3 Å². The number of halogens is 1. The monoisotopic (exact) mass is 388 g/mol. The lowest BCUT2D eigenvalue weighted by Gasteiger charge is -2.37. The van der Waals surface area contributed by atoms with Gasteiger partial charge < -0.3 is 20.0 Å². The van der Waals surface area contributed by atoms with E-state index in [0.29, 0.717) is 0 Å². The fourth-order valence-corrected chi connectivity index (χ4v) is 3.27. The number of carbonyl (C=O) groups excluding carboxylic acids is 1. The highest BCUT2D eigenvalue weighted by Crippen LogP contribution is 2.24. The molecule has 0 saturated carbocycles. The molecule has 27 heavy (non-hydrogen) atoms. The second-order valence-corrected chi connectivity index (χ2v) is 7.06. The van der Waals surface area contributed by atoms with Crippen LogP contribution < -0.4 is 15.1 Å². The molecule has 3 rings (SSSR count). The first-order valence-electron chi connectivity index (χ1n) is 9.10. The standard InChI is InChI=1S/C21H28N4O.ClH/c1-16-6-5-7-20(17(16)2)24-12-14-25(15-13-24)21(26)22-18-8-10-19(11-9-18)23(3)4;/h5-11H,12-15H2,1-4H3,(H,22,26);1H. The molecular formula is C21H29ClN4O. The van der Waals surface area contributed by atoms with Crippen molar-refractivity contribution in [1.29, 1.82) is 0 Å². The molecular weight excluding hydrogens is 360 g/mol. The SMILES string of the molecule is Cc1cccc(N2CCN(C(=O)Nc3ccc(N(C)C)cc3)CC2)c1C.Cl. The first kappa shape index (κ1) is 20.9. The average Bonchev–Trinajstić information content (AvgIpc) is 2.64. The minimum absolute atomic E-state index is 0. The summed E-state index contributed by atoms with van der Waals surface area (Å²) in [4.78, 5) is 18.8. The number of rotatable bonds is 3. The summed E-state index contributed by atoms with van der Waals surface area (Å²) in [6, 6.07) is 14.3. The molecule has 2 aromatic carbocycles. The van der Waals surface area contributed by atoms with Crippen LogP contribution in [0.3, 0.4) is 0 Å². The molecule has 1 aliphatic heterocycles. The van der Waals surface area contributed by atoms with E-state index in [-0.39, 0.29) is 18.4 Å². The maximum absolute atomic E-state index is 12.5. The van der Waals surface area contributed by atoms with Crippen molar-refractivity contribution in [3.8, 4) is 0 Å². The predicted octanol–water partition coefficient (Wildman–Crippen LogP) is 4.15. The Hall–Kier alpha value is -2.40. The summed E-state index contributed by atoms with van der Waals surface area (Å²) in [5.41, 5.74) is 5.86. The first-order valence-corrected chi connectivity index (χ1v) is 9.10. The Bertz CT molecular complexity index is 768. The normalized spacial score (nSPS) is 13.8. The molecule has 5 nitrogen and oxygen atoms in total. The average molecular weight is 389 g/mol. The Morgan fingerprint density at radius 3 is 2.19 bits per heavy atom. The van der Waals surface area contributed by atoms with Crippen LogP contribution in [0.5, 0.6) is 0 Å². The Morgan fingerprint density at radius 2 is 1.59 bits per heavy atom. The Balaban J connectivity index is 0.00000261. The number of urea groups is 1. The molecule has 0 unspecified atom stereocenters. The molecule has 1 N–H and O–H groups in total. The second kappa shape index (κ2) is 9.00. The van der Waals surface area contributed by atoms with Crippen LogP contribution in [-0.2, 0) is 0 Å². The minimum atomic E-state index is -0.0248. The van der Waals surface area contributed by atoms with Gasteiger partial charge in [0.15, 0.2) is 0 Å². The van der Waals surface area contributed by atoms with E-state index in [9.17, 15) is 4.79 Å². The van der Waals surface area contributed by atoms with Gasteiger partial charge in [-0.25, -0.2) is 4.79 Å². The molecule has 2 aromatic rings. The molecule has 0 spiro atoms. The lowest BCUT2D eigenvalue weighted by Crippen LogP contribution is -2.50. The third-order valence-corrected chi connectivity index (χ3v) is 5.12. The fourth-order valence-electron chi connectivity index (χ4n) is 3.27. The predicted molar refractivity (Wildman–Crippen MR) is 117 cm³/mol. The number of nitrogens with one attached hydrogen (secondary N) is 1. The van der Waals surface area contributed by atoms with Gasteiger partial charge in [-0.15, -0.1) is 12.4 Å². The quantitative estimate of drug-likeness (QED) is 0.858. The molecule has 1 aliphatic rings. The van der Waals surface area contributed by atoms with E-state index < -0.39 is 0 Å². The number of piperazine rings is 1. The molecule has 146 valence electrons. The Labute approximate surface area is 168 Å². The molecule has 0 atom stereocenters. The topological polar surface area (TPSA) is 38.8 Å². The summed E-state index contributed by atoms with van der Waals surface area (Å²) in [6.45, 7) is 7.49. The fraction of sp³-hybridized carbons (Fsp3) is 0.381. The van der Waals surface area contributed by atoms with Crippen molar-refractivity contribution in [3.05, 3.63) is 53.6 Å². The number of aryl methyl sites for hydroxylation is 1. The van der Waals surface area contributed by atoms with Crippen LogP contribution in [0.4, 0.5) is 21.9 Å². The van der Waals surface area contributed by atoms with Gasteiger partial charge in [0.1, 0.15) is 0 Å². The molecule has 1 heterocycles. The molecule has 1 saturated heterocycles. The van der Waals surface area contributed by atoms with Crippen molar-refractivity contribution >= 4 is 35.5 Å². The van der Waals surface area contributed by atoms with E-state index in [1.165, 1.54) is 16.8 Å². The van der Waals surface area contributed by atoms with Crippen LogP contribution in [0.15, 0.2) is 42.5 Å². The van der Waals surface area contributed by atoms with Crippen LogP contribution in [0.1, 0.15) is 11.1 Å². The highest BCUT2D eigenvalue weighted by atomic mass is 35.5. The largest absolute Gasteiger partial charge is 0.378 e. The van der Waals surface area contributed by atoms with Gasteiger partial charge in [0, 0.05) is 57.3 Å². The number of hydrogen-bond donors (Lipinski definition) is 1.